The summed E-state index contributed by atoms with van der Waals surface area (Å²) in [6, 6.07) is 5.73. The molecule has 1 aromatic carbocycles. The number of amides is 1. The lowest BCUT2D eigenvalue weighted by Gasteiger charge is -2.49. The van der Waals surface area contributed by atoms with Gasteiger partial charge in [0.05, 0.1) is 0 Å². The van der Waals surface area contributed by atoms with Crippen LogP contribution >= 0.6 is 12.6 Å². The molecule has 1 aromatic rings. The first-order valence-corrected chi connectivity index (χ1v) is 7.53. The van der Waals surface area contributed by atoms with E-state index in [0.717, 1.165) is 22.6 Å². The Labute approximate surface area is 127 Å². The molecule has 1 saturated carbocycles. The summed E-state index contributed by atoms with van der Waals surface area (Å²) in [4.78, 5) is 17.6. The second kappa shape index (κ2) is 5.78. The molecule has 20 heavy (non-hydrogen) atoms. The third kappa shape index (κ3) is 2.86. The van der Waals surface area contributed by atoms with Gasteiger partial charge in [0.1, 0.15) is 0 Å². The molecule has 2 rings (SSSR count). The summed E-state index contributed by atoms with van der Waals surface area (Å²) in [6.45, 7) is 2.76. The zero-order chi connectivity index (χ0) is 14.9. The van der Waals surface area contributed by atoms with Gasteiger partial charge >= 0.3 is 0 Å². The van der Waals surface area contributed by atoms with Crippen LogP contribution in [0.1, 0.15) is 35.2 Å². The average molecular weight is 292 g/mol. The molecule has 110 valence electrons. The SMILES string of the molecule is Cc1ccc(S)cc1C(=O)N(C)CC1(N(C)C)CCC1. The molecular formula is C16H24N2OS. The van der Waals surface area contributed by atoms with Crippen LogP contribution in [0.4, 0.5) is 0 Å². The van der Waals surface area contributed by atoms with Crippen molar-refractivity contribution in [1.29, 1.82) is 0 Å². The highest BCUT2D eigenvalue weighted by Crippen LogP contribution is 2.36. The van der Waals surface area contributed by atoms with E-state index in [2.05, 4.69) is 31.6 Å². The van der Waals surface area contributed by atoms with Crippen molar-refractivity contribution in [2.75, 3.05) is 27.7 Å². The van der Waals surface area contributed by atoms with E-state index < -0.39 is 0 Å². The van der Waals surface area contributed by atoms with Gasteiger partial charge in [0.2, 0.25) is 0 Å². The summed E-state index contributed by atoms with van der Waals surface area (Å²) in [5.41, 5.74) is 1.93. The molecule has 4 heteroatoms. The molecule has 0 radical (unpaired) electrons. The van der Waals surface area contributed by atoms with Crippen LogP contribution in [0, 0.1) is 6.92 Å². The molecule has 0 saturated heterocycles. The molecule has 0 heterocycles. The first-order chi connectivity index (χ1) is 9.35. The van der Waals surface area contributed by atoms with E-state index in [-0.39, 0.29) is 11.4 Å². The number of carbonyl (C=O) groups excluding carboxylic acids is 1. The second-order valence-electron chi connectivity index (χ2n) is 6.13. The minimum absolute atomic E-state index is 0.0894. The normalized spacial score (nSPS) is 16.9. The highest BCUT2D eigenvalue weighted by molar-refractivity contribution is 7.80. The van der Waals surface area contributed by atoms with Gasteiger partial charge in [0, 0.05) is 29.6 Å². The second-order valence-corrected chi connectivity index (χ2v) is 6.65. The van der Waals surface area contributed by atoms with Crippen LogP contribution in [0.25, 0.3) is 0 Å². The first kappa shape index (κ1) is 15.4. The maximum Gasteiger partial charge on any atom is 0.253 e. The topological polar surface area (TPSA) is 23.6 Å². The molecule has 0 atom stereocenters. The number of aryl methyl sites for hydroxylation is 1. The standard InChI is InChI=1S/C16H24N2OS/c1-12-6-7-13(20)10-14(12)15(19)18(4)11-16(17(2)3)8-5-9-16/h6-7,10,20H,5,8-9,11H2,1-4H3. The zero-order valence-corrected chi connectivity index (χ0v) is 13.7. The Morgan fingerprint density at radius 2 is 1.95 bits per heavy atom. The van der Waals surface area contributed by atoms with Crippen LogP contribution in [0.15, 0.2) is 23.1 Å². The van der Waals surface area contributed by atoms with Crippen LogP contribution in [0.2, 0.25) is 0 Å². The molecule has 0 bridgehead atoms. The van der Waals surface area contributed by atoms with Crippen molar-refractivity contribution in [2.45, 2.75) is 36.6 Å². The summed E-state index contributed by atoms with van der Waals surface area (Å²) < 4.78 is 0. The third-order valence-electron chi connectivity index (χ3n) is 4.56. The minimum atomic E-state index is 0.0894. The monoisotopic (exact) mass is 292 g/mol. The molecule has 3 nitrogen and oxygen atoms in total. The molecule has 0 spiro atoms. The highest BCUT2D eigenvalue weighted by atomic mass is 32.1. The van der Waals surface area contributed by atoms with E-state index in [1.807, 2.05) is 37.1 Å². The Bertz CT molecular complexity index is 509. The lowest BCUT2D eigenvalue weighted by molar-refractivity contribution is 0.0252. The largest absolute Gasteiger partial charge is 0.340 e. The van der Waals surface area contributed by atoms with Gasteiger partial charge in [-0.05, 0) is 58.0 Å². The van der Waals surface area contributed by atoms with E-state index >= 15 is 0 Å². The fourth-order valence-corrected chi connectivity index (χ4v) is 3.09. The van der Waals surface area contributed by atoms with Gasteiger partial charge in [-0.1, -0.05) is 6.07 Å². The minimum Gasteiger partial charge on any atom is -0.340 e. The van der Waals surface area contributed by atoms with Crippen LogP contribution < -0.4 is 0 Å². The Balaban J connectivity index is 2.14. The Morgan fingerprint density at radius 3 is 2.45 bits per heavy atom. The molecule has 0 unspecified atom stereocenters. The molecule has 1 amide bonds. The highest BCUT2D eigenvalue weighted by Gasteiger charge is 2.40. The van der Waals surface area contributed by atoms with E-state index in [9.17, 15) is 4.79 Å². The van der Waals surface area contributed by atoms with Crippen LogP contribution in [0.5, 0.6) is 0 Å². The maximum atomic E-state index is 12.6. The summed E-state index contributed by atoms with van der Waals surface area (Å²) in [5, 5.41) is 0. The Kier molecular flexibility index (Phi) is 4.45. The summed E-state index contributed by atoms with van der Waals surface area (Å²) in [7, 11) is 6.12. The number of nitrogens with zero attached hydrogens (tertiary/aromatic N) is 2. The lowest BCUT2D eigenvalue weighted by Crippen LogP contribution is -2.57. The Morgan fingerprint density at radius 1 is 1.30 bits per heavy atom. The number of rotatable bonds is 4. The predicted molar refractivity (Wildman–Crippen MR) is 85.7 cm³/mol. The van der Waals surface area contributed by atoms with Crippen LogP contribution in [-0.2, 0) is 0 Å². The van der Waals surface area contributed by atoms with E-state index in [1.54, 1.807) is 0 Å². The van der Waals surface area contributed by atoms with E-state index in [1.165, 1.54) is 19.3 Å². The number of hydrogen-bond donors (Lipinski definition) is 1. The van der Waals surface area contributed by atoms with E-state index in [0.29, 0.717) is 0 Å². The van der Waals surface area contributed by atoms with E-state index in [4.69, 9.17) is 0 Å². The number of benzene rings is 1. The smallest absolute Gasteiger partial charge is 0.253 e. The lowest BCUT2D eigenvalue weighted by atomic mass is 9.75. The van der Waals surface area contributed by atoms with Gasteiger partial charge in [-0.25, -0.2) is 0 Å². The van der Waals surface area contributed by atoms with Crippen molar-refractivity contribution in [3.05, 3.63) is 29.3 Å². The molecule has 1 fully saturated rings. The van der Waals surface area contributed by atoms with Gasteiger partial charge < -0.3 is 9.80 Å². The van der Waals surface area contributed by atoms with Crippen molar-refractivity contribution in [3.63, 3.8) is 0 Å². The maximum absolute atomic E-state index is 12.6. The van der Waals surface area contributed by atoms with Gasteiger partial charge in [-0.3, -0.25) is 4.79 Å². The number of carbonyl (C=O) groups is 1. The van der Waals surface area contributed by atoms with Gasteiger partial charge in [0.15, 0.2) is 0 Å². The van der Waals surface area contributed by atoms with Gasteiger partial charge in [0.25, 0.3) is 5.91 Å². The summed E-state index contributed by atoms with van der Waals surface area (Å²) in [6.07, 6.45) is 3.60. The quantitative estimate of drug-likeness (QED) is 0.863. The average Bonchev–Trinajstić information content (AvgIpc) is 2.35. The van der Waals surface area contributed by atoms with Crippen molar-refractivity contribution < 1.29 is 4.79 Å². The molecule has 1 aliphatic carbocycles. The van der Waals surface area contributed by atoms with Crippen molar-refractivity contribution in [3.8, 4) is 0 Å². The number of thiol groups is 1. The van der Waals surface area contributed by atoms with Crippen LogP contribution in [0.3, 0.4) is 0 Å². The van der Waals surface area contributed by atoms with Crippen molar-refractivity contribution in [1.82, 2.24) is 9.80 Å². The summed E-state index contributed by atoms with van der Waals surface area (Å²) in [5.74, 6) is 0.0894. The van der Waals surface area contributed by atoms with Crippen molar-refractivity contribution in [2.24, 2.45) is 0 Å². The molecular weight excluding hydrogens is 268 g/mol. The summed E-state index contributed by atoms with van der Waals surface area (Å²) >= 11 is 4.33. The fraction of sp³-hybridized carbons (Fsp3) is 0.562. The molecule has 1 aliphatic rings. The van der Waals surface area contributed by atoms with Gasteiger partial charge in [-0.2, -0.15) is 0 Å². The zero-order valence-electron chi connectivity index (χ0n) is 12.8. The van der Waals surface area contributed by atoms with Gasteiger partial charge in [-0.15, -0.1) is 12.6 Å². The molecule has 0 aliphatic heterocycles. The number of hydrogen-bond acceptors (Lipinski definition) is 3. The predicted octanol–water partition coefficient (Wildman–Crippen LogP) is 2.84. The number of likely N-dealkylation sites (N-methyl/N-ethyl adjacent to an activating group) is 2. The van der Waals surface area contributed by atoms with Crippen LogP contribution in [-0.4, -0.2) is 48.9 Å². The van der Waals surface area contributed by atoms with Crippen molar-refractivity contribution >= 4 is 18.5 Å². The third-order valence-corrected chi connectivity index (χ3v) is 4.84. The first-order valence-electron chi connectivity index (χ1n) is 7.08. The fourth-order valence-electron chi connectivity index (χ4n) is 2.89. The molecule has 0 aromatic heterocycles. The molecule has 0 N–H and O–H groups in total. The Hall–Kier alpha value is -1.00.